The minimum Gasteiger partial charge on any atom is -0.313 e. The van der Waals surface area contributed by atoms with Crippen LogP contribution in [0.2, 0.25) is 5.02 Å². The third-order valence-electron chi connectivity index (χ3n) is 7.62. The Morgan fingerprint density at radius 2 is 1.82 bits per heavy atom. The Morgan fingerprint density at radius 3 is 2.59 bits per heavy atom. The van der Waals surface area contributed by atoms with Gasteiger partial charge in [-0.05, 0) is 42.3 Å². The van der Waals surface area contributed by atoms with Gasteiger partial charge in [0.25, 0.3) is 0 Å². The van der Waals surface area contributed by atoms with Crippen LogP contribution in [-0.4, -0.2) is 26.9 Å². The quantitative estimate of drug-likeness (QED) is 0.323. The molecule has 4 aromatic rings. The predicted octanol–water partition coefficient (Wildman–Crippen LogP) is 6.38. The first-order valence-corrected chi connectivity index (χ1v) is 13.6. The number of rotatable bonds is 4. The Hall–Kier alpha value is -1.99. The summed E-state index contributed by atoms with van der Waals surface area (Å²) in [6.45, 7) is 9.30. The van der Waals surface area contributed by atoms with Crippen LogP contribution in [0.3, 0.4) is 0 Å². The molecule has 0 amide bonds. The van der Waals surface area contributed by atoms with Gasteiger partial charge in [0.1, 0.15) is 0 Å². The lowest BCUT2D eigenvalue weighted by Crippen LogP contribution is -3.13. The third kappa shape index (κ3) is 3.76. The summed E-state index contributed by atoms with van der Waals surface area (Å²) in [6, 6.07) is 19.2. The summed E-state index contributed by atoms with van der Waals surface area (Å²) in [5, 5.41) is 6.95. The second kappa shape index (κ2) is 8.02. The van der Waals surface area contributed by atoms with Crippen LogP contribution < -0.4 is 4.90 Å². The van der Waals surface area contributed by atoms with Crippen molar-refractivity contribution in [3.05, 3.63) is 64.4 Å². The molecule has 7 heteroatoms. The molecule has 2 fully saturated rings. The molecule has 1 aliphatic carbocycles. The molecule has 4 nitrogen and oxygen atoms in total. The van der Waals surface area contributed by atoms with E-state index in [9.17, 15) is 0 Å². The van der Waals surface area contributed by atoms with Gasteiger partial charge in [0.2, 0.25) is 4.77 Å². The van der Waals surface area contributed by atoms with E-state index in [1.807, 2.05) is 28.9 Å². The van der Waals surface area contributed by atoms with Crippen LogP contribution in [0.25, 0.3) is 26.5 Å². The van der Waals surface area contributed by atoms with Crippen molar-refractivity contribution in [2.24, 2.45) is 10.8 Å². The van der Waals surface area contributed by atoms with Crippen LogP contribution in [0, 0.1) is 15.6 Å². The van der Waals surface area contributed by atoms with Gasteiger partial charge in [0.05, 0.1) is 28.2 Å². The Labute approximate surface area is 214 Å². The second-order valence-electron chi connectivity index (χ2n) is 11.3. The summed E-state index contributed by atoms with van der Waals surface area (Å²) in [5.74, 6) is 0.829. The first-order valence-electron chi connectivity index (χ1n) is 12.0. The standard InChI is InChI=1S/C27H29ClN4S2/c1-26(2)13-19-14-27(3,15-26)16-30(19)17-31-25(33)32(18-9-5-4-6-10-18)24(29-31)23-22(28)20-11-7-8-12-21(20)34-23/h4-12,19H,13-17H2,1-3H3/p+1/t19-,27-/m1/s1. The van der Waals surface area contributed by atoms with Gasteiger partial charge in [0, 0.05) is 28.3 Å². The number of hydrogen-bond donors (Lipinski definition) is 1. The van der Waals surface area contributed by atoms with Crippen molar-refractivity contribution in [1.82, 2.24) is 14.3 Å². The van der Waals surface area contributed by atoms with Crippen LogP contribution >= 0.6 is 35.2 Å². The summed E-state index contributed by atoms with van der Waals surface area (Å²) in [6.07, 6.45) is 3.86. The monoisotopic (exact) mass is 509 g/mol. The molecule has 2 aromatic carbocycles. The highest BCUT2D eigenvalue weighted by atomic mass is 35.5. The van der Waals surface area contributed by atoms with E-state index >= 15 is 0 Å². The molecule has 34 heavy (non-hydrogen) atoms. The number of aromatic nitrogens is 3. The van der Waals surface area contributed by atoms with Gasteiger partial charge < -0.3 is 4.90 Å². The average molecular weight is 510 g/mol. The number of likely N-dealkylation sites (tertiary alicyclic amines) is 1. The number of benzene rings is 2. The molecule has 1 unspecified atom stereocenters. The summed E-state index contributed by atoms with van der Waals surface area (Å²) in [4.78, 5) is 2.58. The fourth-order valence-corrected chi connectivity index (χ4v) is 8.54. The minimum atomic E-state index is 0.403. The van der Waals surface area contributed by atoms with E-state index < -0.39 is 0 Å². The molecular weight excluding hydrogens is 480 g/mol. The van der Waals surface area contributed by atoms with E-state index in [2.05, 4.69) is 55.7 Å². The molecule has 3 heterocycles. The number of fused-ring (bicyclic) bond motifs is 3. The first kappa shape index (κ1) is 22.5. The Morgan fingerprint density at radius 1 is 1.09 bits per heavy atom. The molecular formula is C27H30ClN4S2+. The molecule has 1 N–H and O–H groups in total. The molecule has 2 aromatic heterocycles. The fourth-order valence-electron chi connectivity index (χ4n) is 6.75. The zero-order valence-corrected chi connectivity index (χ0v) is 22.2. The van der Waals surface area contributed by atoms with Gasteiger partial charge in [-0.1, -0.05) is 68.8 Å². The lowest BCUT2D eigenvalue weighted by molar-refractivity contribution is -0.937. The van der Waals surface area contributed by atoms with Crippen molar-refractivity contribution < 1.29 is 4.90 Å². The molecule has 1 saturated heterocycles. The minimum absolute atomic E-state index is 0.403. The summed E-state index contributed by atoms with van der Waals surface area (Å²) < 4.78 is 6.04. The molecule has 176 valence electrons. The third-order valence-corrected chi connectivity index (χ3v) is 9.68. The summed E-state index contributed by atoms with van der Waals surface area (Å²) in [7, 11) is 0. The van der Waals surface area contributed by atoms with Crippen molar-refractivity contribution in [2.45, 2.75) is 52.7 Å². The zero-order valence-electron chi connectivity index (χ0n) is 19.8. The number of nitrogens with zero attached hydrogens (tertiary/aromatic N) is 3. The van der Waals surface area contributed by atoms with Crippen LogP contribution in [-0.2, 0) is 6.67 Å². The SMILES string of the molecule is CC1(C)C[C@@H]2C[C@@](C)(C[NH+]2Cn2nc(-c3sc4ccccc4c3Cl)n(-c3ccccc3)c2=S)C1. The topological polar surface area (TPSA) is 27.2 Å². The largest absolute Gasteiger partial charge is 0.313 e. The molecule has 0 spiro atoms. The van der Waals surface area contributed by atoms with Gasteiger partial charge in [0.15, 0.2) is 12.5 Å². The maximum atomic E-state index is 6.91. The lowest BCUT2D eigenvalue weighted by atomic mass is 9.65. The van der Waals surface area contributed by atoms with E-state index in [1.54, 1.807) is 16.2 Å². The maximum absolute atomic E-state index is 6.91. The lowest BCUT2D eigenvalue weighted by Gasteiger charge is -2.37. The Balaban J connectivity index is 1.46. The van der Waals surface area contributed by atoms with E-state index in [0.717, 1.165) is 42.9 Å². The zero-order chi connectivity index (χ0) is 23.7. The summed E-state index contributed by atoms with van der Waals surface area (Å²) in [5.41, 5.74) is 1.83. The van der Waals surface area contributed by atoms with Gasteiger partial charge in [-0.3, -0.25) is 4.57 Å². The van der Waals surface area contributed by atoms with Crippen LogP contribution in [0.5, 0.6) is 0 Å². The van der Waals surface area contributed by atoms with E-state index in [0.29, 0.717) is 16.9 Å². The van der Waals surface area contributed by atoms with Crippen molar-refractivity contribution >= 4 is 45.2 Å². The highest BCUT2D eigenvalue weighted by Gasteiger charge is 2.52. The number of hydrogen-bond acceptors (Lipinski definition) is 3. The Bertz CT molecular complexity index is 1430. The van der Waals surface area contributed by atoms with E-state index in [1.165, 1.54) is 25.8 Å². The van der Waals surface area contributed by atoms with Crippen molar-refractivity contribution in [3.63, 3.8) is 0 Å². The van der Waals surface area contributed by atoms with Gasteiger partial charge in [-0.25, -0.2) is 0 Å². The average Bonchev–Trinajstić information content (AvgIpc) is 3.37. The molecule has 2 bridgehead atoms. The van der Waals surface area contributed by atoms with Crippen LogP contribution in [0.15, 0.2) is 54.6 Å². The smallest absolute Gasteiger partial charge is 0.207 e. The van der Waals surface area contributed by atoms with Crippen LogP contribution in [0.4, 0.5) is 0 Å². The van der Waals surface area contributed by atoms with E-state index in [-0.39, 0.29) is 0 Å². The number of para-hydroxylation sites is 1. The molecule has 1 aliphatic heterocycles. The van der Waals surface area contributed by atoms with Gasteiger partial charge in [-0.15, -0.1) is 16.4 Å². The predicted molar refractivity (Wildman–Crippen MR) is 144 cm³/mol. The number of nitrogens with one attached hydrogen (secondary N) is 1. The highest BCUT2D eigenvalue weighted by molar-refractivity contribution is 7.71. The number of quaternary nitrogens is 1. The second-order valence-corrected chi connectivity index (χ2v) is 13.1. The highest BCUT2D eigenvalue weighted by Crippen LogP contribution is 2.47. The summed E-state index contributed by atoms with van der Waals surface area (Å²) >= 11 is 14.7. The molecule has 3 atom stereocenters. The van der Waals surface area contributed by atoms with Crippen molar-refractivity contribution in [1.29, 1.82) is 0 Å². The van der Waals surface area contributed by atoms with Crippen LogP contribution in [0.1, 0.15) is 40.0 Å². The van der Waals surface area contributed by atoms with Gasteiger partial charge in [-0.2, -0.15) is 4.68 Å². The normalized spacial score (nSPS) is 25.8. The first-order chi connectivity index (χ1) is 16.2. The van der Waals surface area contributed by atoms with Crippen molar-refractivity contribution in [3.8, 4) is 16.4 Å². The maximum Gasteiger partial charge on any atom is 0.207 e. The van der Waals surface area contributed by atoms with E-state index in [4.69, 9.17) is 28.9 Å². The van der Waals surface area contributed by atoms with Gasteiger partial charge >= 0.3 is 0 Å². The molecule has 2 aliphatic rings. The number of thiophene rings is 1. The molecule has 1 saturated carbocycles. The fraction of sp³-hybridized carbons (Fsp3) is 0.407. The molecule has 6 rings (SSSR count). The molecule has 0 radical (unpaired) electrons. The van der Waals surface area contributed by atoms with Crippen molar-refractivity contribution in [2.75, 3.05) is 6.54 Å². The number of halogens is 1. The Kier molecular flexibility index (Phi) is 5.30.